The third kappa shape index (κ3) is 3.22. The molecule has 0 bridgehead atoms. The van der Waals surface area contributed by atoms with Crippen LogP contribution in [0.15, 0.2) is 36.7 Å². The fraction of sp³-hybridized carbons (Fsp3) is 0.389. The SMILES string of the molecule is O=C1CN(c2cc(C3CC3)ncn2)CCN1Cc1ccc(F)cc1. The Morgan fingerprint density at radius 3 is 2.62 bits per heavy atom. The molecule has 0 unspecified atom stereocenters. The second kappa shape index (κ2) is 6.19. The van der Waals surface area contributed by atoms with Gasteiger partial charge in [0.25, 0.3) is 0 Å². The van der Waals surface area contributed by atoms with Crippen LogP contribution in [0.1, 0.15) is 30.0 Å². The standard InChI is InChI=1S/C18H19FN4O/c19-15-5-1-13(2-6-15)10-23-8-7-22(11-18(23)24)17-9-16(14-3-4-14)20-12-21-17/h1-2,5-6,9,12,14H,3-4,7-8,10-11H2. The van der Waals surface area contributed by atoms with Gasteiger partial charge in [0, 0.05) is 37.3 Å². The molecule has 5 nitrogen and oxygen atoms in total. The topological polar surface area (TPSA) is 49.3 Å². The van der Waals surface area contributed by atoms with Crippen LogP contribution < -0.4 is 4.90 Å². The smallest absolute Gasteiger partial charge is 0.242 e. The van der Waals surface area contributed by atoms with Crippen molar-refractivity contribution in [2.45, 2.75) is 25.3 Å². The molecule has 1 saturated heterocycles. The summed E-state index contributed by atoms with van der Waals surface area (Å²) in [6.45, 7) is 2.22. The summed E-state index contributed by atoms with van der Waals surface area (Å²) >= 11 is 0. The molecule has 124 valence electrons. The van der Waals surface area contributed by atoms with Crippen molar-refractivity contribution in [1.29, 1.82) is 0 Å². The molecule has 2 aliphatic rings. The quantitative estimate of drug-likeness (QED) is 0.865. The second-order valence-electron chi connectivity index (χ2n) is 6.44. The van der Waals surface area contributed by atoms with Crippen LogP contribution in [0.3, 0.4) is 0 Å². The molecule has 0 spiro atoms. The predicted molar refractivity (Wildman–Crippen MR) is 88.0 cm³/mol. The number of nitrogens with zero attached hydrogens (tertiary/aromatic N) is 4. The maximum Gasteiger partial charge on any atom is 0.242 e. The first-order valence-corrected chi connectivity index (χ1v) is 8.28. The minimum Gasteiger partial charge on any atom is -0.345 e. The predicted octanol–water partition coefficient (Wildman–Crippen LogP) is 2.34. The van der Waals surface area contributed by atoms with Crippen LogP contribution in [0.25, 0.3) is 0 Å². The fourth-order valence-electron chi connectivity index (χ4n) is 3.02. The summed E-state index contributed by atoms with van der Waals surface area (Å²) in [5.41, 5.74) is 2.03. The lowest BCUT2D eigenvalue weighted by Gasteiger charge is -2.35. The summed E-state index contributed by atoms with van der Waals surface area (Å²) < 4.78 is 13.0. The molecular weight excluding hydrogens is 307 g/mol. The van der Waals surface area contributed by atoms with E-state index in [1.807, 2.05) is 15.9 Å². The Hall–Kier alpha value is -2.50. The van der Waals surface area contributed by atoms with Crippen molar-refractivity contribution in [1.82, 2.24) is 14.9 Å². The van der Waals surface area contributed by atoms with Crippen molar-refractivity contribution < 1.29 is 9.18 Å². The van der Waals surface area contributed by atoms with E-state index in [0.29, 0.717) is 25.6 Å². The number of hydrogen-bond donors (Lipinski definition) is 0. The largest absolute Gasteiger partial charge is 0.345 e. The lowest BCUT2D eigenvalue weighted by atomic mass is 10.2. The fourth-order valence-corrected chi connectivity index (χ4v) is 3.02. The minimum atomic E-state index is -0.259. The van der Waals surface area contributed by atoms with Crippen LogP contribution in [0, 0.1) is 5.82 Å². The van der Waals surface area contributed by atoms with Crippen LogP contribution in [0.5, 0.6) is 0 Å². The van der Waals surface area contributed by atoms with Gasteiger partial charge in [0.15, 0.2) is 0 Å². The third-order valence-electron chi connectivity index (χ3n) is 4.60. The molecular formula is C18H19FN4O. The lowest BCUT2D eigenvalue weighted by molar-refractivity contribution is -0.131. The van der Waals surface area contributed by atoms with E-state index in [9.17, 15) is 9.18 Å². The summed E-state index contributed by atoms with van der Waals surface area (Å²) in [5, 5.41) is 0. The highest BCUT2D eigenvalue weighted by atomic mass is 19.1. The maximum atomic E-state index is 13.0. The molecule has 0 N–H and O–H groups in total. The summed E-state index contributed by atoms with van der Waals surface area (Å²) in [4.78, 5) is 24.9. The molecule has 2 aromatic rings. The Kier molecular flexibility index (Phi) is 3.88. The molecule has 2 heterocycles. The zero-order valence-corrected chi connectivity index (χ0v) is 13.4. The Bertz CT molecular complexity index is 745. The van der Waals surface area contributed by atoms with Gasteiger partial charge in [0.2, 0.25) is 5.91 Å². The highest BCUT2D eigenvalue weighted by Crippen LogP contribution is 2.39. The first-order valence-electron chi connectivity index (χ1n) is 8.28. The van der Waals surface area contributed by atoms with Crippen molar-refractivity contribution in [2.75, 3.05) is 24.5 Å². The minimum absolute atomic E-state index is 0.0668. The van der Waals surface area contributed by atoms with Gasteiger partial charge in [-0.2, -0.15) is 0 Å². The summed E-state index contributed by atoms with van der Waals surface area (Å²) in [6.07, 6.45) is 3.99. The van der Waals surface area contributed by atoms with Gasteiger partial charge < -0.3 is 9.80 Å². The van der Waals surface area contributed by atoms with Gasteiger partial charge in [-0.3, -0.25) is 4.79 Å². The number of rotatable bonds is 4. The summed E-state index contributed by atoms with van der Waals surface area (Å²) in [7, 11) is 0. The van der Waals surface area contributed by atoms with Gasteiger partial charge in [0.05, 0.1) is 6.54 Å². The van der Waals surface area contributed by atoms with E-state index in [0.717, 1.165) is 23.6 Å². The van der Waals surface area contributed by atoms with E-state index in [4.69, 9.17) is 0 Å². The zero-order valence-electron chi connectivity index (χ0n) is 13.4. The Morgan fingerprint density at radius 1 is 1.12 bits per heavy atom. The van der Waals surface area contributed by atoms with Gasteiger partial charge in [-0.05, 0) is 30.5 Å². The molecule has 24 heavy (non-hydrogen) atoms. The molecule has 2 fully saturated rings. The highest BCUT2D eigenvalue weighted by Gasteiger charge is 2.28. The lowest BCUT2D eigenvalue weighted by Crippen LogP contribution is -2.50. The first kappa shape index (κ1) is 15.1. The number of carbonyl (C=O) groups excluding carboxylic acids is 1. The van der Waals surface area contributed by atoms with E-state index in [1.54, 1.807) is 18.5 Å². The molecule has 1 saturated carbocycles. The molecule has 6 heteroatoms. The van der Waals surface area contributed by atoms with Crippen molar-refractivity contribution >= 4 is 11.7 Å². The molecule has 1 aromatic heterocycles. The van der Waals surface area contributed by atoms with Gasteiger partial charge in [-0.15, -0.1) is 0 Å². The molecule has 1 aliphatic heterocycles. The number of amides is 1. The van der Waals surface area contributed by atoms with Crippen LogP contribution in [0.2, 0.25) is 0 Å². The van der Waals surface area contributed by atoms with Gasteiger partial charge >= 0.3 is 0 Å². The number of piperazine rings is 1. The number of aromatic nitrogens is 2. The highest BCUT2D eigenvalue weighted by molar-refractivity contribution is 5.82. The zero-order chi connectivity index (χ0) is 16.5. The van der Waals surface area contributed by atoms with Crippen molar-refractivity contribution in [2.24, 2.45) is 0 Å². The normalized spacial score (nSPS) is 18.1. The van der Waals surface area contributed by atoms with Crippen molar-refractivity contribution in [3.8, 4) is 0 Å². The monoisotopic (exact) mass is 326 g/mol. The van der Waals surface area contributed by atoms with Gasteiger partial charge in [-0.1, -0.05) is 12.1 Å². The Labute approximate surface area is 140 Å². The average Bonchev–Trinajstić information content (AvgIpc) is 3.44. The number of benzene rings is 1. The molecule has 1 aromatic carbocycles. The Balaban J connectivity index is 1.41. The van der Waals surface area contributed by atoms with Crippen LogP contribution in [0.4, 0.5) is 10.2 Å². The van der Waals surface area contributed by atoms with E-state index in [1.165, 1.54) is 25.0 Å². The van der Waals surface area contributed by atoms with Gasteiger partial charge in [-0.25, -0.2) is 14.4 Å². The van der Waals surface area contributed by atoms with Crippen LogP contribution in [-0.2, 0) is 11.3 Å². The van der Waals surface area contributed by atoms with Crippen molar-refractivity contribution in [3.05, 3.63) is 53.7 Å². The second-order valence-corrected chi connectivity index (χ2v) is 6.44. The summed E-state index contributed by atoms with van der Waals surface area (Å²) in [6, 6.07) is 8.32. The number of anilines is 1. The molecule has 1 aliphatic carbocycles. The van der Waals surface area contributed by atoms with E-state index < -0.39 is 0 Å². The Morgan fingerprint density at radius 2 is 1.92 bits per heavy atom. The number of carbonyl (C=O) groups is 1. The number of hydrogen-bond acceptors (Lipinski definition) is 4. The molecule has 1 amide bonds. The van der Waals surface area contributed by atoms with E-state index in [2.05, 4.69) is 9.97 Å². The van der Waals surface area contributed by atoms with Crippen molar-refractivity contribution in [3.63, 3.8) is 0 Å². The average molecular weight is 326 g/mol. The van der Waals surface area contributed by atoms with Gasteiger partial charge in [0.1, 0.15) is 18.0 Å². The molecule has 0 radical (unpaired) electrons. The number of halogens is 1. The van der Waals surface area contributed by atoms with Crippen LogP contribution in [-0.4, -0.2) is 40.4 Å². The third-order valence-corrected chi connectivity index (χ3v) is 4.60. The van der Waals surface area contributed by atoms with Crippen LogP contribution >= 0.6 is 0 Å². The molecule has 0 atom stereocenters. The first-order chi connectivity index (χ1) is 11.7. The maximum absolute atomic E-state index is 13.0. The molecule has 4 rings (SSSR count). The van der Waals surface area contributed by atoms with E-state index in [-0.39, 0.29) is 11.7 Å². The van der Waals surface area contributed by atoms with E-state index >= 15 is 0 Å². The summed E-state index contributed by atoms with van der Waals surface area (Å²) in [5.74, 6) is 1.21.